The number of halogens is 1. The highest BCUT2D eigenvalue weighted by molar-refractivity contribution is 14.1. The molecule has 1 atom stereocenters. The van der Waals surface area contributed by atoms with E-state index in [9.17, 15) is 9.59 Å². The van der Waals surface area contributed by atoms with Gasteiger partial charge < -0.3 is 23.7 Å². The Kier molecular flexibility index (Phi) is 9.33. The second-order valence-corrected chi connectivity index (χ2v) is 10.4. The van der Waals surface area contributed by atoms with Gasteiger partial charge in [0, 0.05) is 6.20 Å². The number of rotatable bonds is 10. The smallest absolute Gasteiger partial charge is 0.337 e. The Labute approximate surface area is 243 Å². The van der Waals surface area contributed by atoms with Gasteiger partial charge in [0.1, 0.15) is 0 Å². The van der Waals surface area contributed by atoms with Gasteiger partial charge in [-0.3, -0.25) is 9.36 Å². The molecule has 9 nitrogen and oxygen atoms in total. The van der Waals surface area contributed by atoms with Crippen molar-refractivity contribution in [2.45, 2.75) is 26.8 Å². The lowest BCUT2D eigenvalue weighted by Crippen LogP contribution is -2.39. The van der Waals surface area contributed by atoms with E-state index in [1.807, 2.05) is 39.0 Å². The molecule has 0 bridgehead atoms. The molecule has 0 saturated heterocycles. The summed E-state index contributed by atoms with van der Waals surface area (Å²) >= 11 is 3.42. The predicted octanol–water partition coefficient (Wildman–Crippen LogP) is 3.83. The van der Waals surface area contributed by atoms with Gasteiger partial charge in [-0.1, -0.05) is 17.4 Å². The fourth-order valence-corrected chi connectivity index (χ4v) is 6.00. The Morgan fingerprint density at radius 2 is 1.74 bits per heavy atom. The summed E-state index contributed by atoms with van der Waals surface area (Å²) in [5, 5.41) is 0. The van der Waals surface area contributed by atoms with Crippen molar-refractivity contribution in [1.29, 1.82) is 0 Å². The Balaban J connectivity index is 1.89. The fraction of sp³-hybridized carbons (Fsp3) is 0.321. The lowest BCUT2D eigenvalue weighted by molar-refractivity contribution is -0.136. The summed E-state index contributed by atoms with van der Waals surface area (Å²) in [7, 11) is 2.88. The highest BCUT2D eigenvalue weighted by atomic mass is 127. The number of hydrogen-bond donors (Lipinski definition) is 0. The zero-order valence-electron chi connectivity index (χ0n) is 22.3. The largest absolute Gasteiger partial charge is 0.493 e. The average molecular weight is 665 g/mol. The molecule has 4 rings (SSSR count). The van der Waals surface area contributed by atoms with Crippen molar-refractivity contribution in [1.82, 2.24) is 4.57 Å². The third-order valence-electron chi connectivity index (χ3n) is 5.85. The molecule has 3 aromatic rings. The van der Waals surface area contributed by atoms with Crippen LogP contribution in [0.25, 0.3) is 6.08 Å². The number of hydrogen-bond acceptors (Lipinski definition) is 9. The van der Waals surface area contributed by atoms with E-state index in [0.717, 1.165) is 9.13 Å². The molecule has 39 heavy (non-hydrogen) atoms. The minimum absolute atomic E-state index is 0.236. The zero-order valence-corrected chi connectivity index (χ0v) is 25.3. The molecule has 0 fully saturated rings. The first-order valence-electron chi connectivity index (χ1n) is 12.4. The van der Waals surface area contributed by atoms with Gasteiger partial charge in [-0.2, -0.15) is 0 Å². The van der Waals surface area contributed by atoms with Crippen LogP contribution in [-0.2, 0) is 9.53 Å². The van der Waals surface area contributed by atoms with Crippen LogP contribution in [0.1, 0.15) is 37.9 Å². The number of thiazole rings is 1. The molecule has 0 aliphatic carbocycles. The van der Waals surface area contributed by atoms with Crippen LogP contribution in [-0.4, -0.2) is 44.6 Å². The Morgan fingerprint density at radius 1 is 1.03 bits per heavy atom. The van der Waals surface area contributed by atoms with E-state index in [2.05, 4.69) is 27.6 Å². The van der Waals surface area contributed by atoms with Crippen molar-refractivity contribution in [2.24, 2.45) is 4.99 Å². The van der Waals surface area contributed by atoms with Crippen molar-refractivity contribution in [3.05, 3.63) is 76.5 Å². The second kappa shape index (κ2) is 12.7. The SMILES string of the molecule is CCOc1ccc([C@H]2C(C(=O)OC)=CN=c3s/c(=C/c4cc(I)c(OCC)c(OC)c4)c(=O)n32)cc1OCC. The van der Waals surface area contributed by atoms with E-state index in [1.54, 1.807) is 25.3 Å². The maximum absolute atomic E-state index is 13.8. The maximum Gasteiger partial charge on any atom is 0.337 e. The molecule has 11 heteroatoms. The molecule has 0 amide bonds. The molecule has 2 aromatic carbocycles. The predicted molar refractivity (Wildman–Crippen MR) is 157 cm³/mol. The van der Waals surface area contributed by atoms with Crippen LogP contribution < -0.4 is 33.8 Å². The standard InChI is InChI=1S/C28H29IN2O7S/c1-6-36-20-10-9-17(14-21(20)37-7-2)24-18(27(33)35-5)15-30-28-31(24)26(32)23(39-28)13-16-11-19(29)25(38-8-3)22(12-16)34-4/h9-15,24H,6-8H2,1-5H3/b23-13+/t24-/m0/s1. The number of nitrogens with zero attached hydrogens (tertiary/aromatic N) is 2. The monoisotopic (exact) mass is 664 g/mol. The average Bonchev–Trinajstić information content (AvgIpc) is 3.25. The van der Waals surface area contributed by atoms with E-state index < -0.39 is 12.0 Å². The van der Waals surface area contributed by atoms with Gasteiger partial charge in [0.15, 0.2) is 27.8 Å². The number of aromatic nitrogens is 1. The maximum atomic E-state index is 13.8. The van der Waals surface area contributed by atoms with Crippen molar-refractivity contribution in [3.63, 3.8) is 0 Å². The van der Waals surface area contributed by atoms with E-state index in [1.165, 1.54) is 29.2 Å². The number of carbonyl (C=O) groups is 1. The van der Waals surface area contributed by atoms with Gasteiger partial charge in [0.05, 0.1) is 53.8 Å². The van der Waals surface area contributed by atoms with Crippen molar-refractivity contribution in [2.75, 3.05) is 34.0 Å². The van der Waals surface area contributed by atoms with E-state index in [-0.39, 0.29) is 11.1 Å². The summed E-state index contributed by atoms with van der Waals surface area (Å²) in [4.78, 5) is 31.5. The van der Waals surface area contributed by atoms with Gasteiger partial charge >= 0.3 is 5.97 Å². The highest BCUT2D eigenvalue weighted by Gasteiger charge is 2.31. The number of benzene rings is 2. The lowest BCUT2D eigenvalue weighted by Gasteiger charge is -2.23. The number of ether oxygens (including phenoxy) is 5. The number of esters is 1. The van der Waals surface area contributed by atoms with Gasteiger partial charge in [0.2, 0.25) is 0 Å². The first kappa shape index (κ1) is 28.7. The van der Waals surface area contributed by atoms with E-state index in [0.29, 0.717) is 57.7 Å². The van der Waals surface area contributed by atoms with Crippen LogP contribution >= 0.6 is 33.9 Å². The second-order valence-electron chi connectivity index (χ2n) is 8.22. The van der Waals surface area contributed by atoms with Gasteiger partial charge in [-0.05, 0) is 84.8 Å². The van der Waals surface area contributed by atoms with Gasteiger partial charge in [-0.25, -0.2) is 9.79 Å². The quantitative estimate of drug-likeness (QED) is 0.240. The first-order valence-corrected chi connectivity index (χ1v) is 14.2. The van der Waals surface area contributed by atoms with Crippen LogP contribution in [0.4, 0.5) is 0 Å². The molecule has 1 aromatic heterocycles. The normalized spacial score (nSPS) is 14.7. The number of methoxy groups -OCH3 is 2. The Bertz CT molecular complexity index is 1590. The molecule has 0 spiro atoms. The molecular weight excluding hydrogens is 635 g/mol. The molecule has 0 radical (unpaired) electrons. The molecule has 0 saturated carbocycles. The Hall–Kier alpha value is -3.32. The summed E-state index contributed by atoms with van der Waals surface area (Å²) in [6, 6.07) is 8.37. The molecule has 0 N–H and O–H groups in total. The third kappa shape index (κ3) is 5.83. The zero-order chi connectivity index (χ0) is 28.1. The summed E-state index contributed by atoms with van der Waals surface area (Å²) in [5.41, 5.74) is 1.39. The third-order valence-corrected chi connectivity index (χ3v) is 7.64. The van der Waals surface area contributed by atoms with E-state index >= 15 is 0 Å². The van der Waals surface area contributed by atoms with Crippen molar-refractivity contribution >= 4 is 46.0 Å². The molecule has 0 unspecified atom stereocenters. The minimum atomic E-state index is -0.763. The van der Waals surface area contributed by atoms with Gasteiger partial charge in [-0.15, -0.1) is 0 Å². The van der Waals surface area contributed by atoms with Crippen LogP contribution in [0.3, 0.4) is 0 Å². The first-order chi connectivity index (χ1) is 18.9. The molecule has 1 aliphatic heterocycles. The van der Waals surface area contributed by atoms with E-state index in [4.69, 9.17) is 23.7 Å². The van der Waals surface area contributed by atoms with Crippen LogP contribution in [0, 0.1) is 3.57 Å². The summed E-state index contributed by atoms with van der Waals surface area (Å²) < 4.78 is 30.6. The van der Waals surface area contributed by atoms with Gasteiger partial charge in [0.25, 0.3) is 5.56 Å². The fourth-order valence-electron chi connectivity index (χ4n) is 4.25. The molecular formula is C28H29IN2O7S. The van der Waals surface area contributed by atoms with Crippen LogP contribution in [0.15, 0.2) is 51.9 Å². The minimum Gasteiger partial charge on any atom is -0.493 e. The lowest BCUT2D eigenvalue weighted by atomic mass is 9.97. The van der Waals surface area contributed by atoms with Crippen molar-refractivity contribution < 1.29 is 28.5 Å². The number of carbonyl (C=O) groups excluding carboxylic acids is 1. The highest BCUT2D eigenvalue weighted by Crippen LogP contribution is 2.36. The Morgan fingerprint density at radius 3 is 2.41 bits per heavy atom. The summed E-state index contributed by atoms with van der Waals surface area (Å²) in [5.74, 6) is 1.76. The molecule has 2 heterocycles. The number of fused-ring (bicyclic) bond motifs is 1. The molecule has 206 valence electrons. The summed E-state index contributed by atoms with van der Waals surface area (Å²) in [6.45, 7) is 7.07. The van der Waals surface area contributed by atoms with Crippen LogP contribution in [0.5, 0.6) is 23.0 Å². The summed E-state index contributed by atoms with van der Waals surface area (Å²) in [6.07, 6.45) is 3.25. The molecule has 1 aliphatic rings. The van der Waals surface area contributed by atoms with Crippen molar-refractivity contribution in [3.8, 4) is 23.0 Å². The van der Waals surface area contributed by atoms with Crippen LogP contribution in [0.2, 0.25) is 0 Å². The topological polar surface area (TPSA) is 97.6 Å².